The number of carbonyl (C=O) groups is 1. The molecule has 7 nitrogen and oxygen atoms in total. The predicted molar refractivity (Wildman–Crippen MR) is 117 cm³/mol. The molecule has 1 N–H and O–H groups in total. The molecule has 3 aromatic rings. The minimum absolute atomic E-state index is 0.0947. The number of methoxy groups -OCH3 is 1. The molecule has 1 amide bonds. The normalized spacial score (nSPS) is 19.1. The van der Waals surface area contributed by atoms with E-state index in [9.17, 15) is 18.0 Å². The number of hydrogen-bond acceptors (Lipinski definition) is 5. The summed E-state index contributed by atoms with van der Waals surface area (Å²) in [5.74, 6) is -0.0958. The van der Waals surface area contributed by atoms with Crippen molar-refractivity contribution in [2.75, 3.05) is 12.4 Å². The molecule has 0 atom stereocenters. The van der Waals surface area contributed by atoms with Gasteiger partial charge in [0.1, 0.15) is 5.75 Å². The highest BCUT2D eigenvalue weighted by atomic mass is 19.4. The van der Waals surface area contributed by atoms with Crippen LogP contribution in [-0.4, -0.2) is 32.8 Å². The summed E-state index contributed by atoms with van der Waals surface area (Å²) < 4.78 is 45.4. The van der Waals surface area contributed by atoms with Gasteiger partial charge in [0, 0.05) is 30.0 Å². The molecule has 1 aliphatic rings. The van der Waals surface area contributed by atoms with E-state index in [4.69, 9.17) is 9.84 Å². The number of alkyl halides is 3. The Balaban J connectivity index is 1.54. The van der Waals surface area contributed by atoms with Crippen LogP contribution in [0.15, 0.2) is 30.7 Å². The summed E-state index contributed by atoms with van der Waals surface area (Å²) in [6.07, 6.45) is 3.50. The Labute approximate surface area is 189 Å². The lowest BCUT2D eigenvalue weighted by atomic mass is 9.80. The fourth-order valence-corrected chi connectivity index (χ4v) is 4.34. The highest BCUT2D eigenvalue weighted by Crippen LogP contribution is 2.37. The molecule has 176 valence electrons. The van der Waals surface area contributed by atoms with Gasteiger partial charge in [-0.05, 0) is 43.6 Å². The molecular weight excluding hydrogens is 435 g/mol. The number of anilines is 1. The van der Waals surface area contributed by atoms with E-state index in [1.165, 1.54) is 20.0 Å². The quantitative estimate of drug-likeness (QED) is 0.543. The van der Waals surface area contributed by atoms with E-state index in [0.717, 1.165) is 42.1 Å². The Kier molecular flexibility index (Phi) is 6.27. The summed E-state index contributed by atoms with van der Waals surface area (Å²) in [6, 6.07) is 3.82. The monoisotopic (exact) mass is 461 g/mol. The lowest BCUT2D eigenvalue weighted by Gasteiger charge is -2.30. The third kappa shape index (κ3) is 4.94. The standard InChI is InChI=1S/C23H26F3N5O2/c1-13(2)14-4-6-17(7-5-14)31-12-15-8-19(20(33-3)9-18(15)30-31)29-21(32)16-10-27-22(28-11-16)23(24,25)26/h8-14,17H,4-7H2,1-3H3,(H,29,32). The first-order valence-corrected chi connectivity index (χ1v) is 10.9. The summed E-state index contributed by atoms with van der Waals surface area (Å²) in [6.45, 7) is 4.54. The molecule has 33 heavy (non-hydrogen) atoms. The Hall–Kier alpha value is -3.17. The summed E-state index contributed by atoms with van der Waals surface area (Å²) in [4.78, 5) is 19.0. The Morgan fingerprint density at radius 3 is 2.39 bits per heavy atom. The molecule has 10 heteroatoms. The topological polar surface area (TPSA) is 81.9 Å². The van der Waals surface area contributed by atoms with Crippen molar-refractivity contribution in [3.05, 3.63) is 42.1 Å². The number of halogens is 3. The summed E-state index contributed by atoms with van der Waals surface area (Å²) in [5, 5.41) is 8.23. The summed E-state index contributed by atoms with van der Waals surface area (Å²) >= 11 is 0. The zero-order valence-corrected chi connectivity index (χ0v) is 18.7. The summed E-state index contributed by atoms with van der Waals surface area (Å²) in [7, 11) is 1.47. The number of aromatic nitrogens is 4. The van der Waals surface area contributed by atoms with Gasteiger partial charge >= 0.3 is 6.18 Å². The van der Waals surface area contributed by atoms with E-state index < -0.39 is 17.9 Å². The lowest BCUT2D eigenvalue weighted by Crippen LogP contribution is -2.21. The van der Waals surface area contributed by atoms with Gasteiger partial charge in [0.05, 0.1) is 29.9 Å². The van der Waals surface area contributed by atoms with Crippen LogP contribution in [0.1, 0.15) is 61.8 Å². The van der Waals surface area contributed by atoms with Gasteiger partial charge < -0.3 is 10.1 Å². The van der Waals surface area contributed by atoms with Crippen molar-refractivity contribution >= 4 is 22.5 Å². The molecule has 0 unspecified atom stereocenters. The molecule has 2 heterocycles. The molecule has 1 aliphatic carbocycles. The zero-order chi connectivity index (χ0) is 23.8. The van der Waals surface area contributed by atoms with Gasteiger partial charge in [0.25, 0.3) is 5.91 Å². The van der Waals surface area contributed by atoms with Crippen molar-refractivity contribution in [2.45, 2.75) is 51.7 Å². The van der Waals surface area contributed by atoms with Crippen molar-refractivity contribution in [1.82, 2.24) is 19.7 Å². The van der Waals surface area contributed by atoms with Gasteiger partial charge in [-0.25, -0.2) is 9.97 Å². The van der Waals surface area contributed by atoms with E-state index in [1.807, 2.05) is 10.9 Å². The maximum Gasteiger partial charge on any atom is 0.451 e. The second kappa shape index (κ2) is 8.99. The number of amides is 1. The van der Waals surface area contributed by atoms with Crippen LogP contribution in [0.5, 0.6) is 5.75 Å². The first kappa shape index (κ1) is 23.0. The van der Waals surface area contributed by atoms with E-state index in [1.54, 1.807) is 12.1 Å². The van der Waals surface area contributed by atoms with Crippen LogP contribution in [-0.2, 0) is 6.18 Å². The van der Waals surface area contributed by atoms with Crippen LogP contribution in [0.25, 0.3) is 10.9 Å². The number of fused-ring (bicyclic) bond motifs is 1. The van der Waals surface area contributed by atoms with E-state index in [0.29, 0.717) is 23.4 Å². The highest BCUT2D eigenvalue weighted by molar-refractivity contribution is 6.05. The summed E-state index contributed by atoms with van der Waals surface area (Å²) in [5.41, 5.74) is 1.04. The van der Waals surface area contributed by atoms with Crippen LogP contribution in [0, 0.1) is 11.8 Å². The lowest BCUT2D eigenvalue weighted by molar-refractivity contribution is -0.145. The van der Waals surface area contributed by atoms with Crippen molar-refractivity contribution in [1.29, 1.82) is 0 Å². The van der Waals surface area contributed by atoms with Crippen molar-refractivity contribution in [3.8, 4) is 5.75 Å². The van der Waals surface area contributed by atoms with Gasteiger partial charge in [0.15, 0.2) is 0 Å². The minimum Gasteiger partial charge on any atom is -0.494 e. The Morgan fingerprint density at radius 1 is 1.15 bits per heavy atom. The van der Waals surface area contributed by atoms with Crippen LogP contribution < -0.4 is 10.1 Å². The number of benzene rings is 1. The van der Waals surface area contributed by atoms with Crippen LogP contribution in [0.2, 0.25) is 0 Å². The van der Waals surface area contributed by atoms with Gasteiger partial charge in [-0.3, -0.25) is 9.48 Å². The van der Waals surface area contributed by atoms with Crippen molar-refractivity contribution in [2.24, 2.45) is 11.8 Å². The Morgan fingerprint density at radius 2 is 1.82 bits per heavy atom. The van der Waals surface area contributed by atoms with E-state index in [2.05, 4.69) is 29.1 Å². The number of rotatable bonds is 5. The van der Waals surface area contributed by atoms with E-state index in [-0.39, 0.29) is 5.56 Å². The smallest absolute Gasteiger partial charge is 0.451 e. The van der Waals surface area contributed by atoms with Gasteiger partial charge in [0.2, 0.25) is 5.82 Å². The van der Waals surface area contributed by atoms with Crippen molar-refractivity contribution in [3.63, 3.8) is 0 Å². The molecule has 1 fully saturated rings. The Bertz CT molecular complexity index is 1130. The number of hydrogen-bond donors (Lipinski definition) is 1. The third-order valence-corrected chi connectivity index (χ3v) is 6.32. The fraction of sp³-hybridized carbons (Fsp3) is 0.478. The second-order valence-corrected chi connectivity index (χ2v) is 8.78. The molecule has 1 aromatic carbocycles. The predicted octanol–water partition coefficient (Wildman–Crippen LogP) is 5.49. The second-order valence-electron chi connectivity index (χ2n) is 8.78. The molecule has 0 saturated heterocycles. The molecule has 0 bridgehead atoms. The number of nitrogens with one attached hydrogen (secondary N) is 1. The number of carbonyl (C=O) groups excluding carboxylic acids is 1. The minimum atomic E-state index is -4.67. The fourth-order valence-electron chi connectivity index (χ4n) is 4.34. The van der Waals surface area contributed by atoms with Gasteiger partial charge in [-0.2, -0.15) is 18.3 Å². The van der Waals surface area contributed by atoms with E-state index >= 15 is 0 Å². The maximum absolute atomic E-state index is 12.7. The number of nitrogens with zero attached hydrogens (tertiary/aromatic N) is 4. The third-order valence-electron chi connectivity index (χ3n) is 6.32. The van der Waals surface area contributed by atoms with Crippen LogP contribution in [0.4, 0.5) is 18.9 Å². The molecular formula is C23H26F3N5O2. The molecule has 0 aliphatic heterocycles. The number of ether oxygens (including phenoxy) is 1. The molecule has 2 aromatic heterocycles. The first-order chi connectivity index (χ1) is 15.7. The highest BCUT2D eigenvalue weighted by Gasteiger charge is 2.34. The SMILES string of the molecule is COc1cc2nn(C3CCC(C(C)C)CC3)cc2cc1NC(=O)c1cnc(C(F)(F)F)nc1. The van der Waals surface area contributed by atoms with Crippen molar-refractivity contribution < 1.29 is 22.7 Å². The average Bonchev–Trinajstić information content (AvgIpc) is 3.21. The molecule has 1 saturated carbocycles. The molecule has 0 spiro atoms. The zero-order valence-electron chi connectivity index (χ0n) is 18.7. The molecule has 0 radical (unpaired) electrons. The average molecular weight is 461 g/mol. The van der Waals surface area contributed by atoms with Crippen LogP contribution in [0.3, 0.4) is 0 Å². The largest absolute Gasteiger partial charge is 0.494 e. The van der Waals surface area contributed by atoms with Gasteiger partial charge in [-0.15, -0.1) is 0 Å². The van der Waals surface area contributed by atoms with Crippen LogP contribution >= 0.6 is 0 Å². The van der Waals surface area contributed by atoms with Gasteiger partial charge in [-0.1, -0.05) is 13.8 Å². The maximum atomic E-state index is 12.7. The molecule has 4 rings (SSSR count). The first-order valence-electron chi connectivity index (χ1n) is 10.9.